The molecule has 1 fully saturated rings. The number of hydrogen-bond donors (Lipinski definition) is 1. The van der Waals surface area contributed by atoms with Gasteiger partial charge in [0.2, 0.25) is 5.88 Å². The number of nitrogens with one attached hydrogen (secondary N) is 1. The van der Waals surface area contributed by atoms with Gasteiger partial charge >= 0.3 is 5.97 Å². The molecule has 1 aliphatic carbocycles. The zero-order valence-corrected chi connectivity index (χ0v) is 18.2. The fourth-order valence-corrected chi connectivity index (χ4v) is 4.28. The molecule has 0 amide bonds. The van der Waals surface area contributed by atoms with Gasteiger partial charge in [-0.2, -0.15) is 0 Å². The lowest BCUT2D eigenvalue weighted by Gasteiger charge is -2.28. The second-order valence-electron chi connectivity index (χ2n) is 8.01. The summed E-state index contributed by atoms with van der Waals surface area (Å²) in [5, 5.41) is 0.864. The molecular weight excluding hydrogens is 402 g/mol. The first-order valence-corrected chi connectivity index (χ1v) is 11.0. The second-order valence-corrected chi connectivity index (χ2v) is 8.01. The summed E-state index contributed by atoms with van der Waals surface area (Å²) in [6.07, 6.45) is 5.43. The topological polar surface area (TPSA) is 77.1 Å². The van der Waals surface area contributed by atoms with E-state index >= 15 is 0 Å². The number of benzene rings is 2. The van der Waals surface area contributed by atoms with Gasteiger partial charge in [0.25, 0.3) is 0 Å². The van der Waals surface area contributed by atoms with Crippen LogP contribution in [0.2, 0.25) is 0 Å². The van der Waals surface area contributed by atoms with Crippen LogP contribution in [0.4, 0.5) is 0 Å². The molecule has 1 saturated carbocycles. The maximum absolute atomic E-state index is 12.5. The number of fused-ring (bicyclic) bond motifs is 1. The lowest BCUT2D eigenvalue weighted by Crippen LogP contribution is -2.12. The summed E-state index contributed by atoms with van der Waals surface area (Å²) >= 11 is 0. The SMILES string of the molecule is CCOC(=O)c1cc2ccc(C3CCC3)c(-c3cnc(-c4ccccc4)[nH]3)c2nc1OC. The van der Waals surface area contributed by atoms with Crippen molar-refractivity contribution >= 4 is 16.9 Å². The van der Waals surface area contributed by atoms with Gasteiger partial charge < -0.3 is 14.5 Å². The fourth-order valence-electron chi connectivity index (χ4n) is 4.28. The number of carbonyl (C=O) groups is 1. The number of H-pyrrole nitrogens is 1. The Morgan fingerprint density at radius 1 is 1.16 bits per heavy atom. The first-order valence-electron chi connectivity index (χ1n) is 11.0. The van der Waals surface area contributed by atoms with E-state index in [1.165, 1.54) is 19.1 Å². The van der Waals surface area contributed by atoms with Crippen LogP contribution in [0.1, 0.15) is 48.0 Å². The summed E-state index contributed by atoms with van der Waals surface area (Å²) in [5.74, 6) is 1.14. The molecule has 0 atom stereocenters. The Hall–Kier alpha value is -3.67. The van der Waals surface area contributed by atoms with E-state index in [0.717, 1.165) is 46.4 Å². The molecule has 2 heterocycles. The molecular formula is C26H25N3O3. The summed E-state index contributed by atoms with van der Waals surface area (Å²) < 4.78 is 10.7. The molecule has 0 saturated heterocycles. The van der Waals surface area contributed by atoms with Crippen LogP contribution >= 0.6 is 0 Å². The fraction of sp³-hybridized carbons (Fsp3) is 0.269. The highest BCUT2D eigenvalue weighted by Gasteiger charge is 2.27. The number of pyridine rings is 1. The number of ether oxygens (including phenoxy) is 2. The third-order valence-corrected chi connectivity index (χ3v) is 6.11. The van der Waals surface area contributed by atoms with Gasteiger partial charge in [0, 0.05) is 16.5 Å². The van der Waals surface area contributed by atoms with E-state index in [9.17, 15) is 4.79 Å². The molecule has 2 aromatic heterocycles. The minimum atomic E-state index is -0.434. The number of imidazole rings is 1. The molecule has 0 spiro atoms. The highest BCUT2D eigenvalue weighted by molar-refractivity contribution is 6.01. The number of carbonyl (C=O) groups excluding carboxylic acids is 1. The predicted octanol–water partition coefficient (Wildman–Crippen LogP) is 5.74. The van der Waals surface area contributed by atoms with E-state index in [1.54, 1.807) is 6.92 Å². The van der Waals surface area contributed by atoms with Crippen molar-refractivity contribution < 1.29 is 14.3 Å². The van der Waals surface area contributed by atoms with Gasteiger partial charge in [0.05, 0.1) is 31.1 Å². The quantitative estimate of drug-likeness (QED) is 0.397. The lowest BCUT2D eigenvalue weighted by atomic mass is 9.77. The third-order valence-electron chi connectivity index (χ3n) is 6.11. The largest absolute Gasteiger partial charge is 0.480 e. The van der Waals surface area contributed by atoms with E-state index in [-0.39, 0.29) is 5.88 Å². The van der Waals surface area contributed by atoms with Crippen LogP contribution in [0.5, 0.6) is 5.88 Å². The van der Waals surface area contributed by atoms with Gasteiger partial charge in [-0.1, -0.05) is 48.9 Å². The van der Waals surface area contributed by atoms with Crippen molar-refractivity contribution in [3.8, 4) is 28.5 Å². The zero-order valence-electron chi connectivity index (χ0n) is 18.2. The first-order chi connectivity index (χ1) is 15.7. The van der Waals surface area contributed by atoms with Crippen LogP contribution in [0.25, 0.3) is 33.5 Å². The standard InChI is InChI=1S/C26H25N3O3/c1-3-32-26(30)20-14-18-12-13-19(16-10-7-11-16)22(23(18)29-25(20)31-2)21-15-27-24(28-21)17-8-5-4-6-9-17/h4-6,8-9,12-16H,3,7,10-11H2,1-2H3,(H,27,28). The van der Waals surface area contributed by atoms with Gasteiger partial charge in [0.1, 0.15) is 11.4 Å². The Bertz CT molecular complexity index is 1280. The number of rotatable bonds is 6. The zero-order chi connectivity index (χ0) is 22.1. The Labute approximate surface area is 186 Å². The third kappa shape index (κ3) is 3.51. The number of hydrogen-bond acceptors (Lipinski definition) is 5. The number of esters is 1. The van der Waals surface area contributed by atoms with Crippen molar-refractivity contribution in [1.29, 1.82) is 0 Å². The minimum absolute atomic E-state index is 0.269. The molecule has 6 nitrogen and oxygen atoms in total. The normalized spacial score (nSPS) is 13.7. The van der Waals surface area contributed by atoms with Crippen LogP contribution in [0.3, 0.4) is 0 Å². The molecule has 6 heteroatoms. The Morgan fingerprint density at radius 3 is 2.66 bits per heavy atom. The summed E-state index contributed by atoms with van der Waals surface area (Å²) in [5.41, 5.74) is 5.34. The summed E-state index contributed by atoms with van der Waals surface area (Å²) in [4.78, 5) is 25.4. The average Bonchev–Trinajstić information content (AvgIpc) is 3.27. The van der Waals surface area contributed by atoms with Crippen molar-refractivity contribution in [1.82, 2.24) is 15.0 Å². The van der Waals surface area contributed by atoms with Gasteiger partial charge in [-0.25, -0.2) is 14.8 Å². The van der Waals surface area contributed by atoms with Crippen molar-refractivity contribution in [2.45, 2.75) is 32.1 Å². The first kappa shape index (κ1) is 20.2. The van der Waals surface area contributed by atoms with Crippen LogP contribution in [-0.4, -0.2) is 34.6 Å². The molecule has 2 aromatic carbocycles. The molecule has 5 rings (SSSR count). The molecule has 0 unspecified atom stereocenters. The van der Waals surface area contributed by atoms with E-state index in [4.69, 9.17) is 14.5 Å². The van der Waals surface area contributed by atoms with Crippen LogP contribution < -0.4 is 4.74 Å². The van der Waals surface area contributed by atoms with Crippen molar-refractivity contribution in [3.05, 3.63) is 65.9 Å². The lowest BCUT2D eigenvalue weighted by molar-refractivity contribution is 0.0522. The molecule has 162 valence electrons. The smallest absolute Gasteiger partial charge is 0.343 e. The Kier molecular flexibility index (Phi) is 5.35. The number of methoxy groups -OCH3 is 1. The van der Waals surface area contributed by atoms with E-state index in [0.29, 0.717) is 18.1 Å². The highest BCUT2D eigenvalue weighted by atomic mass is 16.5. The average molecular weight is 428 g/mol. The summed E-state index contributed by atoms with van der Waals surface area (Å²) in [6.45, 7) is 2.08. The maximum Gasteiger partial charge on any atom is 0.343 e. The van der Waals surface area contributed by atoms with Gasteiger partial charge in [-0.3, -0.25) is 0 Å². The molecule has 1 N–H and O–H groups in total. The van der Waals surface area contributed by atoms with Crippen molar-refractivity contribution in [2.24, 2.45) is 0 Å². The Balaban J connectivity index is 1.70. The molecule has 0 aliphatic heterocycles. The highest BCUT2D eigenvalue weighted by Crippen LogP contribution is 2.44. The second kappa shape index (κ2) is 8.46. The molecule has 0 bridgehead atoms. The van der Waals surface area contributed by atoms with E-state index in [2.05, 4.69) is 16.0 Å². The van der Waals surface area contributed by atoms with Gasteiger partial charge in [-0.05, 0) is 37.3 Å². The summed E-state index contributed by atoms with van der Waals surface area (Å²) in [6, 6.07) is 16.1. The van der Waals surface area contributed by atoms with E-state index in [1.807, 2.05) is 48.7 Å². The Morgan fingerprint density at radius 2 is 1.97 bits per heavy atom. The van der Waals surface area contributed by atoms with E-state index < -0.39 is 5.97 Å². The van der Waals surface area contributed by atoms with Crippen LogP contribution in [-0.2, 0) is 4.74 Å². The maximum atomic E-state index is 12.5. The number of aromatic amines is 1. The van der Waals surface area contributed by atoms with Crippen LogP contribution in [0, 0.1) is 0 Å². The van der Waals surface area contributed by atoms with Crippen LogP contribution in [0.15, 0.2) is 54.7 Å². The number of nitrogens with zero attached hydrogens (tertiary/aromatic N) is 2. The van der Waals surface area contributed by atoms with Gasteiger partial charge in [0.15, 0.2) is 0 Å². The molecule has 4 aromatic rings. The van der Waals surface area contributed by atoms with Crippen molar-refractivity contribution in [3.63, 3.8) is 0 Å². The molecule has 32 heavy (non-hydrogen) atoms. The predicted molar refractivity (Wildman–Crippen MR) is 124 cm³/mol. The van der Waals surface area contributed by atoms with Crippen molar-refractivity contribution in [2.75, 3.05) is 13.7 Å². The number of aromatic nitrogens is 3. The monoisotopic (exact) mass is 427 g/mol. The molecule has 1 aliphatic rings. The molecule has 0 radical (unpaired) electrons. The van der Waals surface area contributed by atoms with Gasteiger partial charge in [-0.15, -0.1) is 0 Å². The summed E-state index contributed by atoms with van der Waals surface area (Å²) in [7, 11) is 1.52. The minimum Gasteiger partial charge on any atom is -0.480 e.